The van der Waals surface area contributed by atoms with Crippen LogP contribution in [-0.2, 0) is 4.74 Å². The third-order valence-electron chi connectivity index (χ3n) is 2.13. The van der Waals surface area contributed by atoms with Gasteiger partial charge in [-0.25, -0.2) is 4.98 Å². The van der Waals surface area contributed by atoms with Crippen LogP contribution in [0.4, 0.5) is 11.8 Å². The molecule has 0 aliphatic rings. The molecule has 0 saturated heterocycles. The quantitative estimate of drug-likeness (QED) is 0.683. The van der Waals surface area contributed by atoms with E-state index < -0.39 is 0 Å². The summed E-state index contributed by atoms with van der Waals surface area (Å²) in [6.07, 6.45) is 1.64. The lowest BCUT2D eigenvalue weighted by Crippen LogP contribution is -2.28. The SMILES string of the molecule is COCCN(C)CCNc1nccc(N)n1. The minimum atomic E-state index is 0.477. The highest BCUT2D eigenvalue weighted by Gasteiger charge is 1.99. The van der Waals surface area contributed by atoms with Crippen LogP contribution in [0.25, 0.3) is 0 Å². The Morgan fingerprint density at radius 2 is 2.31 bits per heavy atom. The number of rotatable bonds is 7. The lowest BCUT2D eigenvalue weighted by atomic mass is 10.5. The average Bonchev–Trinajstić information content (AvgIpc) is 2.26. The Hall–Kier alpha value is -1.40. The molecule has 0 amide bonds. The first-order valence-corrected chi connectivity index (χ1v) is 5.22. The molecule has 0 saturated carbocycles. The van der Waals surface area contributed by atoms with Crippen molar-refractivity contribution in [2.45, 2.75) is 0 Å². The fourth-order valence-corrected chi connectivity index (χ4v) is 1.18. The van der Waals surface area contributed by atoms with Crippen LogP contribution in [0.15, 0.2) is 12.3 Å². The molecule has 0 bridgehead atoms. The second-order valence-corrected chi connectivity index (χ2v) is 3.53. The molecule has 3 N–H and O–H groups in total. The van der Waals surface area contributed by atoms with Gasteiger partial charge in [0.05, 0.1) is 6.61 Å². The zero-order chi connectivity index (χ0) is 11.8. The maximum Gasteiger partial charge on any atom is 0.224 e. The number of nitrogen functional groups attached to an aromatic ring is 1. The number of hydrogen-bond donors (Lipinski definition) is 2. The monoisotopic (exact) mass is 225 g/mol. The van der Waals surface area contributed by atoms with Crippen molar-refractivity contribution in [3.63, 3.8) is 0 Å². The molecule has 16 heavy (non-hydrogen) atoms. The minimum absolute atomic E-state index is 0.477. The van der Waals surface area contributed by atoms with Gasteiger partial charge in [0.25, 0.3) is 0 Å². The van der Waals surface area contributed by atoms with Crippen molar-refractivity contribution < 1.29 is 4.74 Å². The van der Waals surface area contributed by atoms with Crippen LogP contribution in [0, 0.1) is 0 Å². The number of likely N-dealkylation sites (N-methyl/N-ethyl adjacent to an activating group) is 1. The normalized spacial score (nSPS) is 10.7. The number of ether oxygens (including phenoxy) is 1. The van der Waals surface area contributed by atoms with Gasteiger partial charge >= 0.3 is 0 Å². The first-order chi connectivity index (χ1) is 7.72. The summed E-state index contributed by atoms with van der Waals surface area (Å²) in [5.74, 6) is 1.05. The van der Waals surface area contributed by atoms with Gasteiger partial charge in [0.1, 0.15) is 5.82 Å². The maximum atomic E-state index is 5.54. The summed E-state index contributed by atoms with van der Waals surface area (Å²) < 4.78 is 4.99. The van der Waals surface area contributed by atoms with Crippen LogP contribution in [0.5, 0.6) is 0 Å². The molecule has 0 unspecified atom stereocenters. The van der Waals surface area contributed by atoms with E-state index in [0.29, 0.717) is 11.8 Å². The van der Waals surface area contributed by atoms with Gasteiger partial charge in [-0.3, -0.25) is 0 Å². The molecule has 90 valence electrons. The van der Waals surface area contributed by atoms with E-state index in [0.717, 1.165) is 26.2 Å². The van der Waals surface area contributed by atoms with Gasteiger partial charge in [-0.2, -0.15) is 4.98 Å². The second-order valence-electron chi connectivity index (χ2n) is 3.53. The molecular weight excluding hydrogens is 206 g/mol. The van der Waals surface area contributed by atoms with Crippen LogP contribution >= 0.6 is 0 Å². The van der Waals surface area contributed by atoms with Crippen molar-refractivity contribution in [1.29, 1.82) is 0 Å². The number of nitrogens with one attached hydrogen (secondary N) is 1. The molecule has 6 heteroatoms. The van der Waals surface area contributed by atoms with Crippen LogP contribution in [-0.4, -0.2) is 55.3 Å². The van der Waals surface area contributed by atoms with Crippen molar-refractivity contribution in [2.75, 3.05) is 51.4 Å². The lowest BCUT2D eigenvalue weighted by Gasteiger charge is -2.16. The molecule has 0 spiro atoms. The molecule has 1 aromatic heterocycles. The van der Waals surface area contributed by atoms with Crippen LogP contribution in [0.3, 0.4) is 0 Å². The fourth-order valence-electron chi connectivity index (χ4n) is 1.18. The molecule has 1 rings (SSSR count). The van der Waals surface area contributed by atoms with E-state index in [-0.39, 0.29) is 0 Å². The van der Waals surface area contributed by atoms with Crippen LogP contribution < -0.4 is 11.1 Å². The first kappa shape index (κ1) is 12.7. The largest absolute Gasteiger partial charge is 0.384 e. The molecule has 0 atom stereocenters. The van der Waals surface area contributed by atoms with Gasteiger partial charge in [-0.1, -0.05) is 0 Å². The van der Waals surface area contributed by atoms with E-state index in [1.807, 2.05) is 7.05 Å². The third kappa shape index (κ3) is 4.90. The molecule has 0 aromatic carbocycles. The first-order valence-electron chi connectivity index (χ1n) is 5.22. The lowest BCUT2D eigenvalue weighted by molar-refractivity contribution is 0.163. The highest BCUT2D eigenvalue weighted by atomic mass is 16.5. The standard InChI is InChI=1S/C10H19N5O/c1-15(7-8-16-2)6-5-13-10-12-4-3-9(11)14-10/h3-4H,5-8H2,1-2H3,(H3,11,12,13,14). The molecule has 0 aliphatic heterocycles. The Morgan fingerprint density at radius 3 is 3.00 bits per heavy atom. The predicted octanol–water partition coefficient (Wildman–Crippen LogP) is 0.0489. The maximum absolute atomic E-state index is 5.54. The molecule has 0 aliphatic carbocycles. The van der Waals surface area contributed by atoms with Gasteiger partial charge in [-0.15, -0.1) is 0 Å². The molecular formula is C10H19N5O. The number of nitrogens with two attached hydrogens (primary N) is 1. The number of nitrogens with zero attached hydrogens (tertiary/aromatic N) is 3. The Balaban J connectivity index is 2.20. The van der Waals surface area contributed by atoms with Crippen molar-refractivity contribution in [1.82, 2.24) is 14.9 Å². The Morgan fingerprint density at radius 1 is 1.50 bits per heavy atom. The van der Waals surface area contributed by atoms with Gasteiger partial charge < -0.3 is 20.7 Å². The Labute approximate surface area is 95.8 Å². The Bertz CT molecular complexity index is 307. The number of aromatic nitrogens is 2. The van der Waals surface area contributed by atoms with Crippen molar-refractivity contribution >= 4 is 11.8 Å². The van der Waals surface area contributed by atoms with Gasteiger partial charge in [0.2, 0.25) is 5.95 Å². The Kier molecular flexibility index (Phi) is 5.52. The van der Waals surface area contributed by atoms with Gasteiger partial charge in [0.15, 0.2) is 0 Å². The van der Waals surface area contributed by atoms with Crippen LogP contribution in [0.2, 0.25) is 0 Å². The zero-order valence-electron chi connectivity index (χ0n) is 9.81. The third-order valence-corrected chi connectivity index (χ3v) is 2.13. The summed E-state index contributed by atoms with van der Waals surface area (Å²) >= 11 is 0. The summed E-state index contributed by atoms with van der Waals surface area (Å²) in [6.45, 7) is 3.34. The summed E-state index contributed by atoms with van der Waals surface area (Å²) in [7, 11) is 3.74. The predicted molar refractivity (Wildman–Crippen MR) is 64.3 cm³/mol. The van der Waals surface area contributed by atoms with E-state index in [2.05, 4.69) is 20.2 Å². The van der Waals surface area contributed by atoms with Gasteiger partial charge in [-0.05, 0) is 13.1 Å². The van der Waals surface area contributed by atoms with Gasteiger partial charge in [0, 0.05) is 32.9 Å². The van der Waals surface area contributed by atoms with E-state index in [4.69, 9.17) is 10.5 Å². The average molecular weight is 225 g/mol. The molecule has 0 radical (unpaired) electrons. The molecule has 1 heterocycles. The summed E-state index contributed by atoms with van der Waals surface area (Å²) in [5.41, 5.74) is 5.54. The minimum Gasteiger partial charge on any atom is -0.384 e. The summed E-state index contributed by atoms with van der Waals surface area (Å²) in [6, 6.07) is 1.66. The smallest absolute Gasteiger partial charge is 0.224 e. The van der Waals surface area contributed by atoms with Crippen molar-refractivity contribution in [3.05, 3.63) is 12.3 Å². The fraction of sp³-hybridized carbons (Fsp3) is 0.600. The van der Waals surface area contributed by atoms with E-state index in [9.17, 15) is 0 Å². The zero-order valence-corrected chi connectivity index (χ0v) is 9.81. The summed E-state index contributed by atoms with van der Waals surface area (Å²) in [5, 5.41) is 3.11. The number of hydrogen-bond acceptors (Lipinski definition) is 6. The molecule has 6 nitrogen and oxygen atoms in total. The highest BCUT2D eigenvalue weighted by molar-refractivity contribution is 5.34. The number of methoxy groups -OCH3 is 1. The van der Waals surface area contributed by atoms with E-state index in [1.165, 1.54) is 0 Å². The van der Waals surface area contributed by atoms with Crippen molar-refractivity contribution in [2.24, 2.45) is 0 Å². The second kappa shape index (κ2) is 6.97. The summed E-state index contributed by atoms with van der Waals surface area (Å²) in [4.78, 5) is 10.3. The topological polar surface area (TPSA) is 76.3 Å². The van der Waals surface area contributed by atoms with E-state index in [1.54, 1.807) is 19.4 Å². The molecule has 1 aromatic rings. The van der Waals surface area contributed by atoms with Crippen molar-refractivity contribution in [3.8, 4) is 0 Å². The molecule has 0 fully saturated rings. The van der Waals surface area contributed by atoms with Crippen LogP contribution in [0.1, 0.15) is 0 Å². The number of anilines is 2. The van der Waals surface area contributed by atoms with E-state index >= 15 is 0 Å². The highest BCUT2D eigenvalue weighted by Crippen LogP contribution is 2.00.